The van der Waals surface area contributed by atoms with Crippen LogP contribution in [0.1, 0.15) is 30.4 Å². The van der Waals surface area contributed by atoms with E-state index in [4.69, 9.17) is 9.84 Å². The van der Waals surface area contributed by atoms with E-state index in [1.807, 2.05) is 12.1 Å². The lowest BCUT2D eigenvalue weighted by Gasteiger charge is -2.21. The van der Waals surface area contributed by atoms with Crippen LogP contribution in [0.4, 0.5) is 0 Å². The highest BCUT2D eigenvalue weighted by atomic mass is 16.5. The molecule has 29 heavy (non-hydrogen) atoms. The summed E-state index contributed by atoms with van der Waals surface area (Å²) in [5, 5.41) is 9.11. The molecule has 2 aromatic carbocycles. The number of para-hydroxylation sites is 1. The molecule has 0 saturated carbocycles. The minimum atomic E-state index is 0.263. The lowest BCUT2D eigenvalue weighted by molar-refractivity contribution is 0.195. The van der Waals surface area contributed by atoms with Crippen molar-refractivity contribution in [3.05, 3.63) is 65.7 Å². The van der Waals surface area contributed by atoms with Gasteiger partial charge in [-0.2, -0.15) is 0 Å². The van der Waals surface area contributed by atoms with E-state index in [1.165, 1.54) is 12.0 Å². The van der Waals surface area contributed by atoms with Gasteiger partial charge in [0.2, 0.25) is 0 Å². The number of hydrogen-bond donors (Lipinski definition) is 1. The zero-order chi connectivity index (χ0) is 20.2. The molecule has 1 aliphatic rings. The van der Waals surface area contributed by atoms with Gasteiger partial charge in [-0.15, -0.1) is 0 Å². The Labute approximate surface area is 175 Å². The minimum Gasteiger partial charge on any atom is -0.493 e. The van der Waals surface area contributed by atoms with Crippen LogP contribution in [0.2, 0.25) is 0 Å². The summed E-state index contributed by atoms with van der Waals surface area (Å²) in [5.41, 5.74) is 2.31. The quantitative estimate of drug-likeness (QED) is 0.488. The Kier molecular flexibility index (Phi) is 9.24. The average Bonchev–Trinajstić information content (AvgIpc) is 2.99. The van der Waals surface area contributed by atoms with E-state index in [0.29, 0.717) is 0 Å². The predicted molar refractivity (Wildman–Crippen MR) is 121 cm³/mol. The molecule has 2 aromatic rings. The molecule has 1 N–H and O–H groups in total. The molecule has 0 aromatic heterocycles. The SMILES string of the molecule is OCCN1CCCN(CCCCOc2ccccc2/C=C/c2ccccc2)CC1. The third-order valence-electron chi connectivity index (χ3n) is 5.40. The van der Waals surface area contributed by atoms with Gasteiger partial charge in [0.1, 0.15) is 5.75 Å². The molecule has 0 amide bonds. The van der Waals surface area contributed by atoms with Crippen molar-refractivity contribution in [2.24, 2.45) is 0 Å². The average molecular weight is 395 g/mol. The third-order valence-corrected chi connectivity index (χ3v) is 5.40. The van der Waals surface area contributed by atoms with Gasteiger partial charge in [0.25, 0.3) is 0 Å². The Morgan fingerprint density at radius 1 is 0.793 bits per heavy atom. The van der Waals surface area contributed by atoms with Crippen molar-refractivity contribution >= 4 is 12.2 Å². The fourth-order valence-electron chi connectivity index (χ4n) is 3.73. The second-order valence-electron chi connectivity index (χ2n) is 7.60. The van der Waals surface area contributed by atoms with Crippen LogP contribution in [0.3, 0.4) is 0 Å². The van der Waals surface area contributed by atoms with Crippen molar-refractivity contribution in [3.63, 3.8) is 0 Å². The van der Waals surface area contributed by atoms with Crippen LogP contribution in [0, 0.1) is 0 Å². The minimum absolute atomic E-state index is 0.263. The van der Waals surface area contributed by atoms with E-state index in [0.717, 1.165) is 70.0 Å². The van der Waals surface area contributed by atoms with Crippen molar-refractivity contribution in [2.45, 2.75) is 19.3 Å². The molecule has 0 unspecified atom stereocenters. The summed E-state index contributed by atoms with van der Waals surface area (Å²) in [5.74, 6) is 0.953. The largest absolute Gasteiger partial charge is 0.493 e. The monoisotopic (exact) mass is 394 g/mol. The second-order valence-corrected chi connectivity index (χ2v) is 7.60. The van der Waals surface area contributed by atoms with Gasteiger partial charge in [0, 0.05) is 25.2 Å². The summed E-state index contributed by atoms with van der Waals surface area (Å²) in [6.07, 6.45) is 7.66. The van der Waals surface area contributed by atoms with Crippen LogP contribution in [0.25, 0.3) is 12.2 Å². The molecule has 0 bridgehead atoms. The van der Waals surface area contributed by atoms with Gasteiger partial charge < -0.3 is 14.7 Å². The van der Waals surface area contributed by atoms with Crippen LogP contribution in [-0.2, 0) is 0 Å². The Balaban J connectivity index is 1.39. The number of aliphatic hydroxyl groups excluding tert-OH is 1. The third kappa shape index (κ3) is 7.65. The molecule has 0 atom stereocenters. The van der Waals surface area contributed by atoms with Crippen molar-refractivity contribution < 1.29 is 9.84 Å². The normalized spacial score (nSPS) is 16.2. The highest BCUT2D eigenvalue weighted by molar-refractivity contribution is 5.72. The first-order valence-electron chi connectivity index (χ1n) is 10.9. The van der Waals surface area contributed by atoms with Gasteiger partial charge in [-0.05, 0) is 50.5 Å². The van der Waals surface area contributed by atoms with Gasteiger partial charge >= 0.3 is 0 Å². The summed E-state index contributed by atoms with van der Waals surface area (Å²) in [7, 11) is 0. The summed E-state index contributed by atoms with van der Waals surface area (Å²) in [6, 6.07) is 18.6. The first kappa shape index (κ1) is 21.6. The molecular formula is C25H34N2O2. The molecule has 0 radical (unpaired) electrons. The van der Waals surface area contributed by atoms with Crippen LogP contribution in [0.5, 0.6) is 5.75 Å². The Hall–Kier alpha value is -2.14. The maximum atomic E-state index is 9.11. The summed E-state index contributed by atoms with van der Waals surface area (Å²) in [4.78, 5) is 4.91. The molecule has 156 valence electrons. The molecular weight excluding hydrogens is 360 g/mol. The van der Waals surface area contributed by atoms with Crippen LogP contribution in [0.15, 0.2) is 54.6 Å². The van der Waals surface area contributed by atoms with Gasteiger partial charge in [-0.3, -0.25) is 4.90 Å². The van der Waals surface area contributed by atoms with Crippen molar-refractivity contribution in [1.29, 1.82) is 0 Å². The first-order valence-corrected chi connectivity index (χ1v) is 10.9. The van der Waals surface area contributed by atoms with Crippen molar-refractivity contribution in [2.75, 3.05) is 52.5 Å². The Morgan fingerprint density at radius 2 is 1.52 bits per heavy atom. The first-order chi connectivity index (χ1) is 14.3. The summed E-state index contributed by atoms with van der Waals surface area (Å²) in [6.45, 7) is 7.39. The standard InChI is InChI=1S/C25H34N2O2/c28-21-20-27-17-8-16-26(18-19-27)15-6-7-22-29-25-12-5-4-11-24(25)14-13-23-9-2-1-3-10-23/h1-5,9-14,28H,6-8,15-22H2/b14-13+. The number of hydrogen-bond acceptors (Lipinski definition) is 4. The van der Waals surface area contributed by atoms with Crippen LogP contribution < -0.4 is 4.74 Å². The zero-order valence-electron chi connectivity index (χ0n) is 17.4. The number of rotatable bonds is 10. The number of aliphatic hydroxyl groups is 1. The smallest absolute Gasteiger partial charge is 0.126 e. The van der Waals surface area contributed by atoms with E-state index < -0.39 is 0 Å². The van der Waals surface area contributed by atoms with Crippen LogP contribution >= 0.6 is 0 Å². The molecule has 1 saturated heterocycles. The van der Waals surface area contributed by atoms with Crippen LogP contribution in [-0.4, -0.2) is 67.4 Å². The number of ether oxygens (including phenoxy) is 1. The van der Waals surface area contributed by atoms with Gasteiger partial charge in [0.15, 0.2) is 0 Å². The van der Waals surface area contributed by atoms with E-state index >= 15 is 0 Å². The van der Waals surface area contributed by atoms with Crippen molar-refractivity contribution in [1.82, 2.24) is 9.80 Å². The lowest BCUT2D eigenvalue weighted by Crippen LogP contribution is -2.32. The highest BCUT2D eigenvalue weighted by Crippen LogP contribution is 2.21. The Bertz CT molecular complexity index is 733. The second kappa shape index (κ2) is 12.4. The van der Waals surface area contributed by atoms with E-state index in [-0.39, 0.29) is 6.61 Å². The fourth-order valence-corrected chi connectivity index (χ4v) is 3.73. The van der Waals surface area contributed by atoms with E-state index in [9.17, 15) is 0 Å². The maximum Gasteiger partial charge on any atom is 0.126 e. The molecule has 0 aliphatic carbocycles. The topological polar surface area (TPSA) is 35.9 Å². The Morgan fingerprint density at radius 3 is 2.31 bits per heavy atom. The molecule has 0 spiro atoms. The molecule has 1 heterocycles. The molecule has 1 fully saturated rings. The van der Waals surface area contributed by atoms with Gasteiger partial charge in [0.05, 0.1) is 13.2 Å². The zero-order valence-corrected chi connectivity index (χ0v) is 17.4. The van der Waals surface area contributed by atoms with Gasteiger partial charge in [-0.25, -0.2) is 0 Å². The summed E-state index contributed by atoms with van der Waals surface area (Å²) < 4.78 is 6.08. The lowest BCUT2D eigenvalue weighted by atomic mass is 10.1. The number of β-amino-alcohol motifs (C(OH)–C–C–N with tert-alkyl or cyclic N) is 1. The number of nitrogens with zero attached hydrogens (tertiary/aromatic N) is 2. The predicted octanol–water partition coefficient (Wildman–Crippen LogP) is 4.02. The molecule has 3 rings (SSSR count). The van der Waals surface area contributed by atoms with Crippen molar-refractivity contribution in [3.8, 4) is 5.75 Å². The molecule has 4 nitrogen and oxygen atoms in total. The van der Waals surface area contributed by atoms with E-state index in [2.05, 4.69) is 64.4 Å². The number of benzene rings is 2. The van der Waals surface area contributed by atoms with E-state index in [1.54, 1.807) is 0 Å². The van der Waals surface area contributed by atoms with Gasteiger partial charge in [-0.1, -0.05) is 60.7 Å². The highest BCUT2D eigenvalue weighted by Gasteiger charge is 2.13. The molecule has 4 heteroatoms. The maximum absolute atomic E-state index is 9.11. The fraction of sp³-hybridized carbons (Fsp3) is 0.440. The molecule has 1 aliphatic heterocycles. The number of unbranched alkanes of at least 4 members (excludes halogenated alkanes) is 1. The summed E-state index contributed by atoms with van der Waals surface area (Å²) >= 11 is 0.